The summed E-state index contributed by atoms with van der Waals surface area (Å²) in [4.78, 5) is 41.6. The predicted octanol–water partition coefficient (Wildman–Crippen LogP) is 3.91. The Morgan fingerprint density at radius 2 is 1.81 bits per heavy atom. The number of nitrogens with zero attached hydrogens (tertiary/aromatic N) is 2. The summed E-state index contributed by atoms with van der Waals surface area (Å²) >= 11 is 6.52. The van der Waals surface area contributed by atoms with Crippen LogP contribution < -0.4 is 20.3 Å². The highest BCUT2D eigenvalue weighted by Crippen LogP contribution is 2.31. The topological polar surface area (TPSA) is 137 Å². The molecule has 3 N–H and O–H groups in total. The van der Waals surface area contributed by atoms with Crippen molar-refractivity contribution in [2.24, 2.45) is 0 Å². The van der Waals surface area contributed by atoms with Gasteiger partial charge in [0.05, 0.1) is 29.7 Å². The first-order valence-electron chi connectivity index (χ1n) is 13.0. The molecular formula is C27H27ClFN5O6S2. The number of thiophene rings is 1. The van der Waals surface area contributed by atoms with E-state index in [2.05, 4.69) is 15.5 Å². The monoisotopic (exact) mass is 635 g/mol. The number of morpholine rings is 1. The number of halogens is 2. The smallest absolute Gasteiger partial charge is 0.333 e. The maximum absolute atomic E-state index is 15.1. The minimum Gasteiger partial charge on any atom is -0.385 e. The Balaban J connectivity index is 1.21. The second-order valence-corrected chi connectivity index (χ2v) is 13.2. The van der Waals surface area contributed by atoms with Crippen LogP contribution in [-0.4, -0.2) is 70.6 Å². The lowest BCUT2D eigenvalue weighted by Gasteiger charge is -2.28. The van der Waals surface area contributed by atoms with E-state index >= 15 is 4.39 Å². The molecule has 1 fully saturated rings. The number of benzene rings is 2. The number of amides is 4. The Morgan fingerprint density at radius 3 is 2.52 bits per heavy atom. The molecule has 0 radical (unpaired) electrons. The first-order chi connectivity index (χ1) is 20.1. The molecule has 5 rings (SSSR count). The van der Waals surface area contributed by atoms with Crippen LogP contribution >= 0.6 is 22.9 Å². The van der Waals surface area contributed by atoms with E-state index in [0.29, 0.717) is 5.56 Å². The predicted molar refractivity (Wildman–Crippen MR) is 157 cm³/mol. The molecule has 2 aliphatic heterocycles. The van der Waals surface area contributed by atoms with Gasteiger partial charge in [0.15, 0.2) is 0 Å². The van der Waals surface area contributed by atoms with E-state index in [1.807, 2.05) is 4.72 Å². The summed E-state index contributed by atoms with van der Waals surface area (Å²) in [6, 6.07) is 9.93. The Hall–Kier alpha value is -3.56. The van der Waals surface area contributed by atoms with Gasteiger partial charge in [0.1, 0.15) is 10.0 Å². The Kier molecular flexibility index (Phi) is 9.08. The summed E-state index contributed by atoms with van der Waals surface area (Å²) in [6.45, 7) is 5.01. The number of hydrogen-bond acceptors (Lipinski definition) is 9. The highest BCUT2D eigenvalue weighted by atomic mass is 35.5. The molecule has 3 heterocycles. The van der Waals surface area contributed by atoms with Gasteiger partial charge in [-0.25, -0.2) is 27.2 Å². The number of hydrogen-bond donors (Lipinski definition) is 3. The maximum Gasteiger partial charge on any atom is 0.333 e. The Bertz CT molecular complexity index is 1630. The number of carbonyl (C=O) groups is 3. The molecule has 0 bridgehead atoms. The largest absolute Gasteiger partial charge is 0.385 e. The van der Waals surface area contributed by atoms with Gasteiger partial charge in [0, 0.05) is 36.6 Å². The number of urea groups is 1. The first kappa shape index (κ1) is 29.9. The molecule has 222 valence electrons. The van der Waals surface area contributed by atoms with Crippen molar-refractivity contribution in [2.75, 3.05) is 54.9 Å². The van der Waals surface area contributed by atoms with Crippen molar-refractivity contribution in [3.8, 4) is 0 Å². The lowest BCUT2D eigenvalue weighted by Crippen LogP contribution is -2.43. The molecule has 4 amide bonds. The number of fused-ring (bicyclic) bond motifs is 1. The van der Waals surface area contributed by atoms with Crippen molar-refractivity contribution in [3.63, 3.8) is 0 Å². The molecular weight excluding hydrogens is 609 g/mol. The summed E-state index contributed by atoms with van der Waals surface area (Å²) in [6.07, 6.45) is 0.824. The number of nitrogens with one attached hydrogen (secondary N) is 3. The fourth-order valence-corrected chi connectivity index (χ4v) is 7.07. The fourth-order valence-electron chi connectivity index (χ4n) is 4.68. The Labute approximate surface area is 250 Å². The van der Waals surface area contributed by atoms with Crippen LogP contribution in [0.25, 0.3) is 0 Å². The number of anilines is 3. The van der Waals surface area contributed by atoms with Gasteiger partial charge in [-0.1, -0.05) is 11.6 Å². The lowest BCUT2D eigenvalue weighted by molar-refractivity contribution is -0.117. The van der Waals surface area contributed by atoms with E-state index in [1.165, 1.54) is 24.3 Å². The van der Waals surface area contributed by atoms with Crippen LogP contribution in [0.3, 0.4) is 0 Å². The summed E-state index contributed by atoms with van der Waals surface area (Å²) in [7, 11) is -4.18. The van der Waals surface area contributed by atoms with Gasteiger partial charge >= 0.3 is 6.03 Å². The SMILES string of the molecule is O=C(Nc1ccc(N2C(=O)Cc3cc(NCCCN4CCOCC4)ccc3C2=O)c(F)c1)NS(=O)(=O)c1ccc(Cl)s1. The van der Waals surface area contributed by atoms with E-state index in [-0.39, 0.29) is 31.9 Å². The van der Waals surface area contributed by atoms with Crippen LogP contribution in [-0.2, 0) is 26.0 Å². The third-order valence-corrected chi connectivity index (χ3v) is 9.75. The van der Waals surface area contributed by atoms with E-state index in [0.717, 1.165) is 73.8 Å². The zero-order chi connectivity index (χ0) is 29.9. The molecule has 1 saturated heterocycles. The maximum atomic E-state index is 15.1. The average molecular weight is 636 g/mol. The van der Waals surface area contributed by atoms with Gasteiger partial charge in [-0.2, -0.15) is 0 Å². The van der Waals surface area contributed by atoms with E-state index < -0.39 is 33.7 Å². The number of sulfonamides is 1. The van der Waals surface area contributed by atoms with Crippen LogP contribution in [0.2, 0.25) is 4.34 Å². The molecule has 42 heavy (non-hydrogen) atoms. The lowest BCUT2D eigenvalue weighted by atomic mass is 9.97. The van der Waals surface area contributed by atoms with Crippen molar-refractivity contribution in [3.05, 3.63) is 69.8 Å². The molecule has 0 atom stereocenters. The van der Waals surface area contributed by atoms with Crippen LogP contribution in [0.5, 0.6) is 0 Å². The highest BCUT2D eigenvalue weighted by molar-refractivity contribution is 7.92. The fraction of sp³-hybridized carbons (Fsp3) is 0.296. The van der Waals surface area contributed by atoms with Crippen molar-refractivity contribution in [1.82, 2.24) is 9.62 Å². The molecule has 2 aromatic carbocycles. The van der Waals surface area contributed by atoms with Crippen molar-refractivity contribution in [2.45, 2.75) is 17.1 Å². The summed E-state index contributed by atoms with van der Waals surface area (Å²) in [5.41, 5.74) is 1.24. The Morgan fingerprint density at radius 1 is 1.05 bits per heavy atom. The summed E-state index contributed by atoms with van der Waals surface area (Å²) < 4.78 is 47.0. The number of imide groups is 1. The molecule has 0 aliphatic carbocycles. The van der Waals surface area contributed by atoms with Crippen molar-refractivity contribution >= 4 is 67.9 Å². The number of carbonyl (C=O) groups excluding carboxylic acids is 3. The van der Waals surface area contributed by atoms with Gasteiger partial charge in [0.25, 0.3) is 15.9 Å². The van der Waals surface area contributed by atoms with Crippen molar-refractivity contribution < 1.29 is 31.9 Å². The van der Waals surface area contributed by atoms with Crippen LogP contribution in [0.15, 0.2) is 52.7 Å². The molecule has 1 aromatic heterocycles. The van der Waals surface area contributed by atoms with Gasteiger partial charge in [-0.05, 0) is 67.1 Å². The quantitative estimate of drug-likeness (QED) is 0.238. The molecule has 0 saturated carbocycles. The van der Waals surface area contributed by atoms with Gasteiger partial charge in [0.2, 0.25) is 5.91 Å². The number of ether oxygens (including phenoxy) is 1. The van der Waals surface area contributed by atoms with Gasteiger partial charge in [-0.3, -0.25) is 14.5 Å². The second kappa shape index (κ2) is 12.8. The zero-order valence-corrected chi connectivity index (χ0v) is 24.6. The molecule has 15 heteroatoms. The highest BCUT2D eigenvalue weighted by Gasteiger charge is 2.34. The molecule has 11 nitrogen and oxygen atoms in total. The van der Waals surface area contributed by atoms with Gasteiger partial charge < -0.3 is 15.4 Å². The van der Waals surface area contributed by atoms with E-state index in [4.69, 9.17) is 16.3 Å². The van der Waals surface area contributed by atoms with E-state index in [9.17, 15) is 22.8 Å². The van der Waals surface area contributed by atoms with E-state index in [1.54, 1.807) is 18.2 Å². The minimum absolute atomic E-state index is 0.0881. The molecule has 2 aliphatic rings. The minimum atomic E-state index is -4.18. The number of rotatable bonds is 9. The van der Waals surface area contributed by atoms with Gasteiger partial charge in [-0.15, -0.1) is 11.3 Å². The first-order valence-corrected chi connectivity index (χ1v) is 15.7. The summed E-state index contributed by atoms with van der Waals surface area (Å²) in [5.74, 6) is -2.22. The van der Waals surface area contributed by atoms with Crippen LogP contribution in [0.1, 0.15) is 22.3 Å². The standard InChI is InChI=1S/C27H27ClFN5O6S2/c28-23-6-7-25(41-23)42(38,39)32-27(37)31-19-3-5-22(21(29)16-19)34-24(35)15-17-14-18(2-4-20(17)26(34)36)30-8-1-9-33-10-12-40-13-11-33/h2-7,14,16,30H,1,8-13,15H2,(H2,31,32,37). The molecule has 0 spiro atoms. The van der Waals surface area contributed by atoms with Crippen molar-refractivity contribution in [1.29, 1.82) is 0 Å². The second-order valence-electron chi connectivity index (χ2n) is 9.60. The zero-order valence-electron chi connectivity index (χ0n) is 22.2. The summed E-state index contributed by atoms with van der Waals surface area (Å²) in [5, 5.41) is 5.55. The molecule has 3 aromatic rings. The van der Waals surface area contributed by atoms with Crippen LogP contribution in [0.4, 0.5) is 26.2 Å². The molecule has 0 unspecified atom stereocenters. The average Bonchev–Trinajstić information content (AvgIpc) is 3.40. The van der Waals surface area contributed by atoms with Crippen LogP contribution in [0, 0.1) is 5.82 Å². The third kappa shape index (κ3) is 6.90. The normalized spacial score (nSPS) is 15.8. The third-order valence-electron chi connectivity index (χ3n) is 6.70.